The zero-order chi connectivity index (χ0) is 21.8. The third-order valence-electron chi connectivity index (χ3n) is 6.44. The van der Waals surface area contributed by atoms with Crippen LogP contribution in [0.1, 0.15) is 61.0 Å². The molecule has 0 N–H and O–H groups in total. The second-order valence-electron chi connectivity index (χ2n) is 8.28. The van der Waals surface area contributed by atoms with Crippen LogP contribution in [0, 0.1) is 0 Å². The number of ether oxygens (including phenoxy) is 2. The average molecular weight is 418 g/mol. The van der Waals surface area contributed by atoms with Gasteiger partial charge in [-0.3, -0.25) is 4.79 Å². The van der Waals surface area contributed by atoms with Gasteiger partial charge in [-0.25, -0.2) is 0 Å². The third kappa shape index (κ3) is 3.99. The first kappa shape index (κ1) is 21.2. The molecule has 2 aromatic rings. The average Bonchev–Trinajstić information content (AvgIpc) is 3.32. The number of Topliss-reactive ketones (excluding diaryl/α,β-unsaturated/α-hetero) is 1. The Morgan fingerprint density at radius 1 is 1.03 bits per heavy atom. The van der Waals surface area contributed by atoms with Crippen LogP contribution >= 0.6 is 0 Å². The zero-order valence-corrected chi connectivity index (χ0v) is 18.6. The van der Waals surface area contributed by atoms with Crippen molar-refractivity contribution in [2.75, 3.05) is 13.7 Å². The number of carbonyl (C=O) groups excluding carboxylic acids is 1. The Balaban J connectivity index is 1.83. The van der Waals surface area contributed by atoms with E-state index in [0.29, 0.717) is 0 Å². The summed E-state index contributed by atoms with van der Waals surface area (Å²) in [6.07, 6.45) is 13.4. The highest BCUT2D eigenvalue weighted by molar-refractivity contribution is 5.94. The number of allylic oxidation sites excluding steroid dienone is 2. The summed E-state index contributed by atoms with van der Waals surface area (Å²) in [6.45, 7) is 4.59. The van der Waals surface area contributed by atoms with E-state index in [1.54, 1.807) is 14.0 Å². The molecule has 1 aliphatic heterocycles. The number of benzene rings is 2. The molecule has 1 heterocycles. The Hall–Kier alpha value is -3.01. The second kappa shape index (κ2) is 9.01. The lowest BCUT2D eigenvalue weighted by Gasteiger charge is -2.44. The summed E-state index contributed by atoms with van der Waals surface area (Å²) in [6, 6.07) is 14.2. The number of methoxy groups -OCH3 is 1. The van der Waals surface area contributed by atoms with Gasteiger partial charge in [0.05, 0.1) is 13.2 Å². The number of hydrogen-bond donors (Lipinski definition) is 0. The van der Waals surface area contributed by atoms with Crippen LogP contribution in [-0.4, -0.2) is 30.4 Å². The van der Waals surface area contributed by atoms with Gasteiger partial charge in [-0.15, -0.1) is 0 Å². The van der Waals surface area contributed by atoms with Crippen LogP contribution in [-0.2, 0) is 5.54 Å². The number of nitrogens with zero attached hydrogens (tertiary/aromatic N) is 1. The lowest BCUT2D eigenvalue weighted by molar-refractivity contribution is 0.101. The molecule has 4 heteroatoms. The maximum Gasteiger partial charge on any atom is 0.161 e. The molecule has 0 amide bonds. The third-order valence-corrected chi connectivity index (χ3v) is 6.44. The molecule has 1 aliphatic carbocycles. The van der Waals surface area contributed by atoms with Crippen LogP contribution in [0.5, 0.6) is 11.5 Å². The molecule has 1 unspecified atom stereocenters. The standard InChI is InChI=1S/C27H31NO3/c1-4-28-18-8-7-17-27(28,22-13-11-21(12-14-22)20(2)29)23-15-16-25(30-3)26(19-23)31-24-9-5-6-10-24/h7-8,11-19,24H,4-6,9-10H2,1-3H3. The van der Waals surface area contributed by atoms with Crippen molar-refractivity contribution in [3.8, 4) is 11.5 Å². The van der Waals surface area contributed by atoms with Crippen LogP contribution in [0.25, 0.3) is 0 Å². The first-order valence-electron chi connectivity index (χ1n) is 11.2. The maximum atomic E-state index is 11.8. The molecule has 4 rings (SSSR count). The van der Waals surface area contributed by atoms with Crippen molar-refractivity contribution in [2.24, 2.45) is 0 Å². The molecule has 0 aromatic heterocycles. The topological polar surface area (TPSA) is 38.8 Å². The van der Waals surface area contributed by atoms with Crippen LogP contribution in [0.3, 0.4) is 0 Å². The zero-order valence-electron chi connectivity index (χ0n) is 18.6. The Labute approximate surface area is 185 Å². The molecule has 2 aliphatic rings. The monoisotopic (exact) mass is 417 g/mol. The van der Waals surface area contributed by atoms with Crippen LogP contribution in [0.2, 0.25) is 0 Å². The van der Waals surface area contributed by atoms with Gasteiger partial charge in [0.25, 0.3) is 0 Å². The summed E-state index contributed by atoms with van der Waals surface area (Å²) >= 11 is 0. The van der Waals surface area contributed by atoms with Gasteiger partial charge in [0.1, 0.15) is 5.54 Å². The van der Waals surface area contributed by atoms with E-state index in [2.05, 4.69) is 60.5 Å². The molecule has 0 bridgehead atoms. The molecule has 162 valence electrons. The fourth-order valence-electron chi connectivity index (χ4n) is 4.76. The van der Waals surface area contributed by atoms with E-state index in [1.165, 1.54) is 12.8 Å². The molecule has 1 fully saturated rings. The summed E-state index contributed by atoms with van der Waals surface area (Å²) in [5, 5.41) is 0. The molecule has 0 radical (unpaired) electrons. The normalized spacial score (nSPS) is 20.8. The minimum Gasteiger partial charge on any atom is -0.493 e. The van der Waals surface area contributed by atoms with Gasteiger partial charge in [-0.05, 0) is 74.9 Å². The quantitative estimate of drug-likeness (QED) is 0.528. The maximum absolute atomic E-state index is 11.8. The number of rotatable bonds is 7. The van der Waals surface area contributed by atoms with Gasteiger partial charge in [-0.2, -0.15) is 0 Å². The minimum absolute atomic E-state index is 0.0729. The van der Waals surface area contributed by atoms with Crippen LogP contribution in [0.4, 0.5) is 0 Å². The van der Waals surface area contributed by atoms with Crippen molar-refractivity contribution in [1.29, 1.82) is 0 Å². The largest absolute Gasteiger partial charge is 0.493 e. The lowest BCUT2D eigenvalue weighted by atomic mass is 9.79. The van der Waals surface area contributed by atoms with Gasteiger partial charge < -0.3 is 14.4 Å². The molecule has 0 saturated heterocycles. The van der Waals surface area contributed by atoms with Gasteiger partial charge >= 0.3 is 0 Å². The van der Waals surface area contributed by atoms with Crippen molar-refractivity contribution in [3.63, 3.8) is 0 Å². The molecule has 31 heavy (non-hydrogen) atoms. The molecular weight excluding hydrogens is 386 g/mol. The van der Waals surface area contributed by atoms with Crippen molar-refractivity contribution < 1.29 is 14.3 Å². The number of carbonyl (C=O) groups is 1. The van der Waals surface area contributed by atoms with E-state index < -0.39 is 5.54 Å². The fourth-order valence-corrected chi connectivity index (χ4v) is 4.76. The van der Waals surface area contributed by atoms with Crippen molar-refractivity contribution in [1.82, 2.24) is 4.90 Å². The van der Waals surface area contributed by atoms with E-state index >= 15 is 0 Å². The smallest absolute Gasteiger partial charge is 0.161 e. The highest BCUT2D eigenvalue weighted by atomic mass is 16.5. The van der Waals surface area contributed by atoms with E-state index in [1.807, 2.05) is 18.2 Å². The highest BCUT2D eigenvalue weighted by Crippen LogP contribution is 2.43. The number of likely N-dealkylation sites (N-methyl/N-ethyl adjacent to an activating group) is 1. The molecule has 2 aromatic carbocycles. The summed E-state index contributed by atoms with van der Waals surface area (Å²) in [5.41, 5.74) is 2.45. The fraction of sp³-hybridized carbons (Fsp3) is 0.370. The van der Waals surface area contributed by atoms with Crippen LogP contribution in [0.15, 0.2) is 66.9 Å². The van der Waals surface area contributed by atoms with E-state index in [9.17, 15) is 4.79 Å². The van der Waals surface area contributed by atoms with Gasteiger partial charge in [0.15, 0.2) is 17.3 Å². The predicted octanol–water partition coefficient (Wildman–Crippen LogP) is 5.87. The van der Waals surface area contributed by atoms with Crippen molar-refractivity contribution in [2.45, 2.75) is 51.2 Å². The van der Waals surface area contributed by atoms with Gasteiger partial charge in [0, 0.05) is 18.3 Å². The highest BCUT2D eigenvalue weighted by Gasteiger charge is 2.38. The minimum atomic E-state index is -0.487. The van der Waals surface area contributed by atoms with E-state index in [4.69, 9.17) is 9.47 Å². The van der Waals surface area contributed by atoms with Crippen LogP contribution < -0.4 is 9.47 Å². The Morgan fingerprint density at radius 2 is 1.74 bits per heavy atom. The van der Waals surface area contributed by atoms with E-state index in [0.717, 1.165) is 47.6 Å². The summed E-state index contributed by atoms with van der Waals surface area (Å²) in [4.78, 5) is 14.1. The summed E-state index contributed by atoms with van der Waals surface area (Å²) in [5.74, 6) is 1.63. The second-order valence-corrected chi connectivity index (χ2v) is 8.28. The molecule has 1 saturated carbocycles. The summed E-state index contributed by atoms with van der Waals surface area (Å²) < 4.78 is 12.0. The predicted molar refractivity (Wildman–Crippen MR) is 124 cm³/mol. The Kier molecular flexibility index (Phi) is 6.17. The molecule has 1 atom stereocenters. The van der Waals surface area contributed by atoms with Crippen molar-refractivity contribution in [3.05, 3.63) is 83.6 Å². The number of hydrogen-bond acceptors (Lipinski definition) is 4. The lowest BCUT2D eigenvalue weighted by Crippen LogP contribution is -2.43. The molecular formula is C27H31NO3. The summed E-state index contributed by atoms with van der Waals surface area (Å²) in [7, 11) is 1.69. The molecule has 0 spiro atoms. The van der Waals surface area contributed by atoms with Crippen molar-refractivity contribution >= 4 is 5.78 Å². The Bertz CT molecular complexity index is 986. The SMILES string of the molecule is CCN1C=CC=CC1(c1ccc(C(C)=O)cc1)c1ccc(OC)c(OC2CCCC2)c1. The first-order valence-corrected chi connectivity index (χ1v) is 11.2. The van der Waals surface area contributed by atoms with E-state index in [-0.39, 0.29) is 11.9 Å². The van der Waals surface area contributed by atoms with Gasteiger partial charge in [-0.1, -0.05) is 36.4 Å². The first-order chi connectivity index (χ1) is 15.1. The Morgan fingerprint density at radius 3 is 2.39 bits per heavy atom. The molecule has 4 nitrogen and oxygen atoms in total. The number of ketones is 1. The van der Waals surface area contributed by atoms with Gasteiger partial charge in [0.2, 0.25) is 0 Å².